The Bertz CT molecular complexity index is 183. The summed E-state index contributed by atoms with van der Waals surface area (Å²) in [7, 11) is 2.18. The first-order valence-corrected chi connectivity index (χ1v) is 6.44. The number of hydrogen-bond donors (Lipinski definition) is 2. The van der Waals surface area contributed by atoms with Gasteiger partial charge in [-0.15, -0.1) is 0 Å². The molecule has 2 unspecified atom stereocenters. The van der Waals surface area contributed by atoms with Crippen LogP contribution in [0, 0.1) is 0 Å². The lowest BCUT2D eigenvalue weighted by Gasteiger charge is -2.40. The summed E-state index contributed by atoms with van der Waals surface area (Å²) in [6, 6.07) is 1.06. The van der Waals surface area contributed by atoms with E-state index in [0.29, 0.717) is 12.1 Å². The molecule has 0 aliphatic carbocycles. The summed E-state index contributed by atoms with van der Waals surface area (Å²) in [5, 5.41) is 12.5. The Morgan fingerprint density at radius 1 is 1.44 bits per heavy atom. The van der Waals surface area contributed by atoms with Crippen LogP contribution in [0.15, 0.2) is 0 Å². The number of aliphatic hydroxyl groups excluding tert-OH is 1. The second kappa shape index (κ2) is 7.22. The molecule has 1 fully saturated rings. The summed E-state index contributed by atoms with van der Waals surface area (Å²) >= 11 is 0. The van der Waals surface area contributed by atoms with E-state index in [4.69, 9.17) is 5.11 Å². The molecule has 2 atom stereocenters. The highest BCUT2D eigenvalue weighted by atomic mass is 16.3. The van der Waals surface area contributed by atoms with Gasteiger partial charge in [-0.1, -0.05) is 6.92 Å². The van der Waals surface area contributed by atoms with Crippen molar-refractivity contribution in [3.8, 4) is 0 Å². The summed E-state index contributed by atoms with van der Waals surface area (Å²) in [5.74, 6) is 0. The van der Waals surface area contributed by atoms with Crippen LogP contribution in [0.2, 0.25) is 0 Å². The van der Waals surface area contributed by atoms with E-state index in [9.17, 15) is 0 Å². The zero-order valence-corrected chi connectivity index (χ0v) is 10.9. The Morgan fingerprint density at radius 2 is 2.19 bits per heavy atom. The van der Waals surface area contributed by atoms with Crippen LogP contribution in [0.25, 0.3) is 0 Å². The molecule has 0 saturated carbocycles. The van der Waals surface area contributed by atoms with Crippen molar-refractivity contribution in [1.82, 2.24) is 15.1 Å². The summed E-state index contributed by atoms with van der Waals surface area (Å²) in [4.78, 5) is 4.92. The molecule has 1 aliphatic rings. The molecule has 0 aromatic heterocycles. The van der Waals surface area contributed by atoms with E-state index in [2.05, 4.69) is 36.0 Å². The van der Waals surface area contributed by atoms with Gasteiger partial charge in [0, 0.05) is 44.9 Å². The SMILES string of the molecule is CCNC(CCO)CN1CCN(C)CC1C. The number of likely N-dealkylation sites (N-methyl/N-ethyl adjacent to an activating group) is 2. The number of aliphatic hydroxyl groups is 1. The molecule has 4 nitrogen and oxygen atoms in total. The van der Waals surface area contributed by atoms with Gasteiger partial charge in [0.2, 0.25) is 0 Å². The molecule has 4 heteroatoms. The normalized spacial score (nSPS) is 25.9. The lowest BCUT2D eigenvalue weighted by molar-refractivity contribution is 0.0866. The molecule has 2 N–H and O–H groups in total. The number of nitrogens with one attached hydrogen (secondary N) is 1. The highest BCUT2D eigenvalue weighted by molar-refractivity contribution is 4.81. The first-order valence-electron chi connectivity index (χ1n) is 6.44. The predicted octanol–water partition coefficient (Wildman–Crippen LogP) is -0.0172. The van der Waals surface area contributed by atoms with Crippen molar-refractivity contribution in [3.63, 3.8) is 0 Å². The molecule has 96 valence electrons. The standard InChI is InChI=1S/C12H27N3O/c1-4-13-12(5-8-16)10-15-7-6-14(3)9-11(15)2/h11-13,16H,4-10H2,1-3H3. The lowest BCUT2D eigenvalue weighted by Crippen LogP contribution is -2.54. The van der Waals surface area contributed by atoms with Gasteiger partial charge in [0.05, 0.1) is 0 Å². The number of hydrogen-bond acceptors (Lipinski definition) is 4. The predicted molar refractivity (Wildman–Crippen MR) is 67.7 cm³/mol. The monoisotopic (exact) mass is 229 g/mol. The van der Waals surface area contributed by atoms with E-state index in [1.54, 1.807) is 0 Å². The van der Waals surface area contributed by atoms with E-state index in [-0.39, 0.29) is 6.61 Å². The van der Waals surface area contributed by atoms with Crippen LogP contribution in [0.1, 0.15) is 20.3 Å². The molecular formula is C12H27N3O. The van der Waals surface area contributed by atoms with Crippen LogP contribution in [0.4, 0.5) is 0 Å². The lowest BCUT2D eigenvalue weighted by atomic mass is 10.1. The Balaban J connectivity index is 2.37. The van der Waals surface area contributed by atoms with Crippen molar-refractivity contribution >= 4 is 0 Å². The van der Waals surface area contributed by atoms with Crippen LogP contribution in [-0.4, -0.2) is 73.4 Å². The smallest absolute Gasteiger partial charge is 0.0446 e. The van der Waals surface area contributed by atoms with Crippen molar-refractivity contribution in [3.05, 3.63) is 0 Å². The largest absolute Gasteiger partial charge is 0.396 e. The number of nitrogens with zero attached hydrogens (tertiary/aromatic N) is 2. The first kappa shape index (κ1) is 13.9. The molecule has 0 aromatic rings. The first-order chi connectivity index (χ1) is 7.67. The Hall–Kier alpha value is -0.160. The van der Waals surface area contributed by atoms with E-state index in [0.717, 1.165) is 39.1 Å². The van der Waals surface area contributed by atoms with Crippen molar-refractivity contribution in [2.24, 2.45) is 0 Å². The zero-order valence-electron chi connectivity index (χ0n) is 10.9. The molecule has 1 rings (SSSR count). The van der Waals surface area contributed by atoms with Gasteiger partial charge >= 0.3 is 0 Å². The van der Waals surface area contributed by atoms with Crippen molar-refractivity contribution in [2.45, 2.75) is 32.4 Å². The van der Waals surface area contributed by atoms with Gasteiger partial charge in [-0.3, -0.25) is 4.90 Å². The molecule has 0 radical (unpaired) electrons. The molecule has 0 bridgehead atoms. The van der Waals surface area contributed by atoms with Crippen molar-refractivity contribution in [2.75, 3.05) is 46.4 Å². The second-order valence-corrected chi connectivity index (χ2v) is 4.87. The van der Waals surface area contributed by atoms with Crippen LogP contribution in [0.3, 0.4) is 0 Å². The minimum Gasteiger partial charge on any atom is -0.396 e. The maximum absolute atomic E-state index is 9.03. The van der Waals surface area contributed by atoms with Crippen LogP contribution in [0.5, 0.6) is 0 Å². The average molecular weight is 229 g/mol. The maximum atomic E-state index is 9.03. The van der Waals surface area contributed by atoms with E-state index >= 15 is 0 Å². The summed E-state index contributed by atoms with van der Waals surface area (Å²) < 4.78 is 0. The second-order valence-electron chi connectivity index (χ2n) is 4.87. The summed E-state index contributed by atoms with van der Waals surface area (Å²) in [6.45, 7) is 10.2. The van der Waals surface area contributed by atoms with Crippen LogP contribution in [-0.2, 0) is 0 Å². The topological polar surface area (TPSA) is 38.7 Å². The zero-order chi connectivity index (χ0) is 12.0. The minimum atomic E-state index is 0.278. The van der Waals surface area contributed by atoms with E-state index in [1.165, 1.54) is 0 Å². The Morgan fingerprint density at radius 3 is 2.75 bits per heavy atom. The Kier molecular flexibility index (Phi) is 6.28. The third-order valence-corrected chi connectivity index (χ3v) is 3.39. The molecule has 16 heavy (non-hydrogen) atoms. The molecule has 1 heterocycles. The highest BCUT2D eigenvalue weighted by Crippen LogP contribution is 2.09. The fraction of sp³-hybridized carbons (Fsp3) is 1.00. The quantitative estimate of drug-likeness (QED) is 0.671. The number of rotatable bonds is 6. The third kappa shape index (κ3) is 4.37. The van der Waals surface area contributed by atoms with Crippen LogP contribution >= 0.6 is 0 Å². The maximum Gasteiger partial charge on any atom is 0.0446 e. The van der Waals surface area contributed by atoms with Crippen molar-refractivity contribution in [1.29, 1.82) is 0 Å². The van der Waals surface area contributed by atoms with Gasteiger partial charge in [-0.2, -0.15) is 0 Å². The van der Waals surface area contributed by atoms with Gasteiger partial charge in [0.1, 0.15) is 0 Å². The third-order valence-electron chi connectivity index (χ3n) is 3.39. The van der Waals surface area contributed by atoms with Gasteiger partial charge in [0.25, 0.3) is 0 Å². The minimum absolute atomic E-state index is 0.278. The number of piperazine rings is 1. The molecule has 0 amide bonds. The molecule has 1 aliphatic heterocycles. The average Bonchev–Trinajstić information content (AvgIpc) is 2.23. The highest BCUT2D eigenvalue weighted by Gasteiger charge is 2.23. The fourth-order valence-electron chi connectivity index (χ4n) is 2.43. The van der Waals surface area contributed by atoms with Crippen LogP contribution < -0.4 is 5.32 Å². The molecule has 1 saturated heterocycles. The summed E-state index contributed by atoms with van der Waals surface area (Å²) in [5.41, 5.74) is 0. The Labute approximate surface area is 99.6 Å². The van der Waals surface area contributed by atoms with Gasteiger partial charge in [-0.25, -0.2) is 0 Å². The fourth-order valence-corrected chi connectivity index (χ4v) is 2.43. The molecular weight excluding hydrogens is 202 g/mol. The van der Waals surface area contributed by atoms with E-state index in [1.807, 2.05) is 0 Å². The van der Waals surface area contributed by atoms with E-state index < -0.39 is 0 Å². The van der Waals surface area contributed by atoms with Gasteiger partial charge in [0.15, 0.2) is 0 Å². The molecule has 0 aromatic carbocycles. The van der Waals surface area contributed by atoms with Crippen molar-refractivity contribution < 1.29 is 5.11 Å². The van der Waals surface area contributed by atoms with Gasteiger partial charge in [-0.05, 0) is 26.9 Å². The van der Waals surface area contributed by atoms with Gasteiger partial charge < -0.3 is 15.3 Å². The summed E-state index contributed by atoms with van der Waals surface area (Å²) in [6.07, 6.45) is 0.854. The molecule has 0 spiro atoms.